The molecule has 0 amide bonds. The van der Waals surface area contributed by atoms with Gasteiger partial charge in [0.25, 0.3) is 0 Å². The summed E-state index contributed by atoms with van der Waals surface area (Å²) < 4.78 is 0. The fourth-order valence-electron chi connectivity index (χ4n) is 0.928. The molecule has 4 nitrogen and oxygen atoms in total. The first-order chi connectivity index (χ1) is 6.08. The average Bonchev–Trinajstić information content (AvgIpc) is 2.33. The summed E-state index contributed by atoms with van der Waals surface area (Å²) >= 11 is 1.50. The lowest BCUT2D eigenvalue weighted by Crippen LogP contribution is -2.10. The van der Waals surface area contributed by atoms with Crippen molar-refractivity contribution in [1.82, 2.24) is 9.88 Å². The van der Waals surface area contributed by atoms with Crippen molar-refractivity contribution in [1.29, 1.82) is 0 Å². The van der Waals surface area contributed by atoms with Gasteiger partial charge in [0.15, 0.2) is 0 Å². The zero-order valence-corrected chi connectivity index (χ0v) is 8.47. The van der Waals surface area contributed by atoms with Crippen LogP contribution in [0.25, 0.3) is 0 Å². The molecule has 0 saturated heterocycles. The van der Waals surface area contributed by atoms with Crippen LogP contribution in [0.1, 0.15) is 10.7 Å². The molecule has 0 aliphatic carbocycles. The fourth-order valence-corrected chi connectivity index (χ4v) is 1.84. The number of carboxylic acids is 1. The number of hydrogen-bond donors (Lipinski definition) is 1. The Labute approximate surface area is 80.8 Å². The molecule has 1 aromatic rings. The Kier molecular flexibility index (Phi) is 3.39. The average molecular weight is 200 g/mol. The molecule has 72 valence electrons. The molecule has 1 aromatic heterocycles. The number of nitrogens with zero attached hydrogens (tertiary/aromatic N) is 2. The molecule has 13 heavy (non-hydrogen) atoms. The minimum absolute atomic E-state index is 0.0178. The van der Waals surface area contributed by atoms with Crippen LogP contribution in [0.5, 0.6) is 0 Å². The molecule has 5 heteroatoms. The van der Waals surface area contributed by atoms with Crippen molar-refractivity contribution >= 4 is 17.3 Å². The van der Waals surface area contributed by atoms with Gasteiger partial charge in [-0.15, -0.1) is 11.3 Å². The standard InChI is InChI=1S/C8H12N2O2S/c1-10(2)4-7-9-6(5-13-7)3-8(11)12/h5H,3-4H2,1-2H3,(H,11,12). The van der Waals surface area contributed by atoms with Crippen LogP contribution in [0.4, 0.5) is 0 Å². The van der Waals surface area contributed by atoms with Gasteiger partial charge in [-0.25, -0.2) is 4.98 Å². The van der Waals surface area contributed by atoms with Crippen molar-refractivity contribution < 1.29 is 9.90 Å². The number of hydrogen-bond acceptors (Lipinski definition) is 4. The molecule has 0 radical (unpaired) electrons. The highest BCUT2D eigenvalue weighted by atomic mass is 32.1. The molecule has 0 aromatic carbocycles. The molecule has 1 N–H and O–H groups in total. The summed E-state index contributed by atoms with van der Waals surface area (Å²) in [6.07, 6.45) is 0.0178. The molecular formula is C8H12N2O2S. The number of rotatable bonds is 4. The maximum atomic E-state index is 10.4. The maximum absolute atomic E-state index is 10.4. The number of aromatic nitrogens is 1. The predicted octanol–water partition coefficient (Wildman–Crippen LogP) is 0.832. The Hall–Kier alpha value is -0.940. The van der Waals surface area contributed by atoms with E-state index in [-0.39, 0.29) is 6.42 Å². The van der Waals surface area contributed by atoms with Crippen LogP contribution in [0.2, 0.25) is 0 Å². The van der Waals surface area contributed by atoms with Gasteiger partial charge in [-0.3, -0.25) is 4.79 Å². The van der Waals surface area contributed by atoms with Crippen LogP contribution in [0.3, 0.4) is 0 Å². The summed E-state index contributed by atoms with van der Waals surface area (Å²) in [6, 6.07) is 0. The summed E-state index contributed by atoms with van der Waals surface area (Å²) in [5.41, 5.74) is 0.648. The first-order valence-corrected chi connectivity index (χ1v) is 4.75. The van der Waals surface area contributed by atoms with Crippen molar-refractivity contribution in [2.24, 2.45) is 0 Å². The molecule has 0 bridgehead atoms. The van der Waals surface area contributed by atoms with Crippen LogP contribution in [0, 0.1) is 0 Å². The molecule has 0 saturated carbocycles. The van der Waals surface area contributed by atoms with Gasteiger partial charge in [0.2, 0.25) is 0 Å². The number of aliphatic carboxylic acids is 1. The van der Waals surface area contributed by atoms with Crippen LogP contribution in [-0.4, -0.2) is 35.1 Å². The zero-order chi connectivity index (χ0) is 9.84. The Morgan fingerprint density at radius 3 is 2.92 bits per heavy atom. The van der Waals surface area contributed by atoms with Crippen LogP contribution in [0.15, 0.2) is 5.38 Å². The van der Waals surface area contributed by atoms with Gasteiger partial charge in [0.1, 0.15) is 5.01 Å². The van der Waals surface area contributed by atoms with E-state index in [0.717, 1.165) is 11.6 Å². The topological polar surface area (TPSA) is 53.4 Å². The van der Waals surface area contributed by atoms with Crippen LogP contribution >= 0.6 is 11.3 Å². The third-order valence-corrected chi connectivity index (χ3v) is 2.27. The van der Waals surface area contributed by atoms with Gasteiger partial charge in [-0.2, -0.15) is 0 Å². The molecule has 1 rings (SSSR count). The Morgan fingerprint density at radius 1 is 1.69 bits per heavy atom. The van der Waals surface area contributed by atoms with E-state index < -0.39 is 5.97 Å². The van der Waals surface area contributed by atoms with E-state index in [1.54, 1.807) is 5.38 Å². The van der Waals surface area contributed by atoms with Gasteiger partial charge >= 0.3 is 5.97 Å². The number of thiazole rings is 1. The second-order valence-electron chi connectivity index (χ2n) is 3.04. The first-order valence-electron chi connectivity index (χ1n) is 3.87. The molecule has 0 aliphatic heterocycles. The Morgan fingerprint density at radius 2 is 2.38 bits per heavy atom. The van der Waals surface area contributed by atoms with Crippen molar-refractivity contribution in [3.63, 3.8) is 0 Å². The van der Waals surface area contributed by atoms with Crippen molar-refractivity contribution in [3.8, 4) is 0 Å². The molecule has 0 spiro atoms. The molecular weight excluding hydrogens is 188 g/mol. The van der Waals surface area contributed by atoms with Gasteiger partial charge in [0, 0.05) is 11.9 Å². The van der Waals surface area contributed by atoms with Gasteiger partial charge in [0.05, 0.1) is 12.1 Å². The highest BCUT2D eigenvalue weighted by Gasteiger charge is 2.06. The van der Waals surface area contributed by atoms with E-state index in [4.69, 9.17) is 5.11 Å². The second-order valence-corrected chi connectivity index (χ2v) is 3.98. The van der Waals surface area contributed by atoms with Crippen molar-refractivity contribution in [2.75, 3.05) is 14.1 Å². The van der Waals surface area contributed by atoms with E-state index in [9.17, 15) is 4.79 Å². The van der Waals surface area contributed by atoms with Crippen LogP contribution in [-0.2, 0) is 17.8 Å². The van der Waals surface area contributed by atoms with E-state index >= 15 is 0 Å². The fraction of sp³-hybridized carbons (Fsp3) is 0.500. The Bertz CT molecular complexity index is 296. The summed E-state index contributed by atoms with van der Waals surface area (Å²) in [5, 5.41) is 11.3. The lowest BCUT2D eigenvalue weighted by molar-refractivity contribution is -0.136. The third-order valence-electron chi connectivity index (χ3n) is 1.38. The second kappa shape index (κ2) is 4.34. The summed E-state index contributed by atoms with van der Waals surface area (Å²) in [4.78, 5) is 16.5. The highest BCUT2D eigenvalue weighted by Crippen LogP contribution is 2.11. The van der Waals surface area contributed by atoms with Gasteiger partial charge < -0.3 is 10.0 Å². The lowest BCUT2D eigenvalue weighted by atomic mass is 10.3. The molecule has 0 aliphatic rings. The Balaban J connectivity index is 2.58. The third kappa shape index (κ3) is 3.52. The molecule has 0 unspecified atom stereocenters. The van der Waals surface area contributed by atoms with E-state index in [2.05, 4.69) is 4.98 Å². The minimum Gasteiger partial charge on any atom is -0.481 e. The molecule has 0 fully saturated rings. The maximum Gasteiger partial charge on any atom is 0.309 e. The lowest BCUT2D eigenvalue weighted by Gasteiger charge is -2.04. The van der Waals surface area contributed by atoms with Crippen molar-refractivity contribution in [3.05, 3.63) is 16.1 Å². The quantitative estimate of drug-likeness (QED) is 0.782. The zero-order valence-electron chi connectivity index (χ0n) is 7.65. The highest BCUT2D eigenvalue weighted by molar-refractivity contribution is 7.09. The van der Waals surface area contributed by atoms with E-state index in [1.165, 1.54) is 11.3 Å². The normalized spacial score (nSPS) is 10.7. The first kappa shape index (κ1) is 10.1. The largest absolute Gasteiger partial charge is 0.481 e. The SMILES string of the molecule is CN(C)Cc1nc(CC(=O)O)cs1. The van der Waals surface area contributed by atoms with E-state index in [1.807, 2.05) is 19.0 Å². The van der Waals surface area contributed by atoms with Gasteiger partial charge in [-0.1, -0.05) is 0 Å². The van der Waals surface area contributed by atoms with Crippen molar-refractivity contribution in [2.45, 2.75) is 13.0 Å². The molecule has 1 heterocycles. The molecule has 0 atom stereocenters. The summed E-state index contributed by atoms with van der Waals surface area (Å²) in [5.74, 6) is -0.832. The minimum atomic E-state index is -0.832. The number of carboxylic acid groups (broad SMARTS) is 1. The summed E-state index contributed by atoms with van der Waals surface area (Å²) in [7, 11) is 3.91. The number of carbonyl (C=O) groups is 1. The van der Waals surface area contributed by atoms with E-state index in [0.29, 0.717) is 5.69 Å². The monoisotopic (exact) mass is 200 g/mol. The van der Waals surface area contributed by atoms with Gasteiger partial charge in [-0.05, 0) is 14.1 Å². The smallest absolute Gasteiger partial charge is 0.309 e. The van der Waals surface area contributed by atoms with Crippen LogP contribution < -0.4 is 0 Å². The predicted molar refractivity (Wildman–Crippen MR) is 50.8 cm³/mol. The summed E-state index contributed by atoms with van der Waals surface area (Å²) in [6.45, 7) is 0.768.